The van der Waals surface area contributed by atoms with Gasteiger partial charge in [-0.1, -0.05) is 47.5 Å². The van der Waals surface area contributed by atoms with E-state index in [1.807, 2.05) is 18.0 Å². The summed E-state index contributed by atoms with van der Waals surface area (Å²) in [6.07, 6.45) is 2.28. The lowest BCUT2D eigenvalue weighted by atomic mass is 9.76. The average Bonchev–Trinajstić information content (AvgIpc) is 2.55. The second kappa shape index (κ2) is 4.49. The van der Waals surface area contributed by atoms with E-state index in [-0.39, 0.29) is 5.41 Å². The molecule has 0 heterocycles. The molecule has 0 aliphatic heterocycles. The Morgan fingerprint density at radius 1 is 1.47 bits per heavy atom. The highest BCUT2D eigenvalue weighted by Gasteiger charge is 2.40. The van der Waals surface area contributed by atoms with Crippen molar-refractivity contribution < 1.29 is 5.11 Å². The van der Waals surface area contributed by atoms with Gasteiger partial charge in [-0.25, -0.2) is 0 Å². The van der Waals surface area contributed by atoms with Crippen molar-refractivity contribution in [2.24, 2.45) is 5.92 Å². The van der Waals surface area contributed by atoms with Crippen molar-refractivity contribution in [2.75, 3.05) is 0 Å². The molecule has 1 aliphatic rings. The molecule has 1 saturated carbocycles. The zero-order chi connectivity index (χ0) is 12.6. The lowest BCUT2D eigenvalue weighted by Crippen LogP contribution is -2.20. The number of rotatable bonds is 1. The van der Waals surface area contributed by atoms with Gasteiger partial charge in [-0.05, 0) is 42.3 Å². The maximum absolute atomic E-state index is 10.2. The van der Waals surface area contributed by atoms with Crippen LogP contribution in [0.4, 0.5) is 0 Å². The standard InChI is InChI=1S/C15H19BrO/c1-10-4-5-12(14(17)8-10)15(3)7-6-11(2)13(15)9-16/h4-5,8-9,11,17H,6-7H2,1-3H3/t11-,15+/m1/s1. The monoisotopic (exact) mass is 294 g/mol. The van der Waals surface area contributed by atoms with Crippen LogP contribution in [0.1, 0.15) is 37.8 Å². The Labute approximate surface area is 112 Å². The average molecular weight is 295 g/mol. The van der Waals surface area contributed by atoms with Gasteiger partial charge in [0.15, 0.2) is 0 Å². The summed E-state index contributed by atoms with van der Waals surface area (Å²) in [5.74, 6) is 1.01. The Morgan fingerprint density at radius 2 is 2.18 bits per heavy atom. The summed E-state index contributed by atoms with van der Waals surface area (Å²) in [6, 6.07) is 6.00. The first kappa shape index (κ1) is 12.7. The molecule has 2 atom stereocenters. The molecule has 1 fully saturated rings. The molecule has 1 aromatic rings. The molecule has 0 radical (unpaired) electrons. The van der Waals surface area contributed by atoms with Crippen molar-refractivity contribution in [3.8, 4) is 5.75 Å². The molecule has 17 heavy (non-hydrogen) atoms. The molecule has 2 heteroatoms. The smallest absolute Gasteiger partial charge is 0.119 e. The van der Waals surface area contributed by atoms with Crippen LogP contribution in [0.3, 0.4) is 0 Å². The zero-order valence-corrected chi connectivity index (χ0v) is 12.2. The maximum atomic E-state index is 10.2. The predicted molar refractivity (Wildman–Crippen MR) is 75.6 cm³/mol. The molecule has 1 aliphatic carbocycles. The van der Waals surface area contributed by atoms with E-state index < -0.39 is 0 Å². The summed E-state index contributed by atoms with van der Waals surface area (Å²) in [4.78, 5) is 2.05. The molecule has 1 N–H and O–H groups in total. The fourth-order valence-corrected chi connectivity index (χ4v) is 3.93. The molecule has 1 nitrogen and oxygen atoms in total. The summed E-state index contributed by atoms with van der Waals surface area (Å²) < 4.78 is 0. The minimum atomic E-state index is -0.0271. The SMILES string of the molecule is Cc1ccc([C@]2(C)CC[C@@H](C)C2=CBr)c(O)c1. The van der Waals surface area contributed by atoms with E-state index >= 15 is 0 Å². The first-order valence-electron chi connectivity index (χ1n) is 6.10. The van der Waals surface area contributed by atoms with Gasteiger partial charge < -0.3 is 5.11 Å². The van der Waals surface area contributed by atoms with Gasteiger partial charge in [-0.15, -0.1) is 0 Å². The molecule has 0 saturated heterocycles. The van der Waals surface area contributed by atoms with Crippen LogP contribution in [0, 0.1) is 12.8 Å². The summed E-state index contributed by atoms with van der Waals surface area (Å²) in [6.45, 7) is 6.49. The van der Waals surface area contributed by atoms with Crippen LogP contribution in [-0.4, -0.2) is 5.11 Å². The number of allylic oxidation sites excluding steroid dienone is 1. The van der Waals surface area contributed by atoms with Crippen molar-refractivity contribution >= 4 is 15.9 Å². The highest BCUT2D eigenvalue weighted by molar-refractivity contribution is 9.11. The molecule has 0 aromatic heterocycles. The van der Waals surface area contributed by atoms with Crippen molar-refractivity contribution in [3.63, 3.8) is 0 Å². The summed E-state index contributed by atoms with van der Waals surface area (Å²) in [7, 11) is 0. The number of aromatic hydroxyl groups is 1. The van der Waals surface area contributed by atoms with Gasteiger partial charge in [0.2, 0.25) is 0 Å². The first-order valence-corrected chi connectivity index (χ1v) is 7.01. The number of aryl methyl sites for hydroxylation is 1. The number of halogens is 1. The third-order valence-corrected chi connectivity index (χ3v) is 4.60. The minimum absolute atomic E-state index is 0.0271. The van der Waals surface area contributed by atoms with Crippen molar-refractivity contribution in [3.05, 3.63) is 39.9 Å². The maximum Gasteiger partial charge on any atom is 0.119 e. The fraction of sp³-hybridized carbons (Fsp3) is 0.467. The van der Waals surface area contributed by atoms with Crippen LogP contribution in [-0.2, 0) is 5.41 Å². The van der Waals surface area contributed by atoms with Crippen molar-refractivity contribution in [1.29, 1.82) is 0 Å². The normalized spacial score (nSPS) is 31.1. The molecule has 2 rings (SSSR count). The second-order valence-electron chi connectivity index (χ2n) is 5.36. The highest BCUT2D eigenvalue weighted by atomic mass is 79.9. The quantitative estimate of drug-likeness (QED) is 0.798. The van der Waals surface area contributed by atoms with Crippen LogP contribution >= 0.6 is 15.9 Å². The molecule has 92 valence electrons. The van der Waals surface area contributed by atoms with Gasteiger partial charge in [-0.3, -0.25) is 0 Å². The summed E-state index contributed by atoms with van der Waals surface area (Å²) in [5.41, 5.74) is 3.51. The summed E-state index contributed by atoms with van der Waals surface area (Å²) in [5, 5.41) is 10.2. The lowest BCUT2D eigenvalue weighted by Gasteiger charge is -2.28. The van der Waals surface area contributed by atoms with Gasteiger partial charge in [0.05, 0.1) is 0 Å². The van der Waals surface area contributed by atoms with Crippen LogP contribution in [0.5, 0.6) is 5.75 Å². The van der Waals surface area contributed by atoms with E-state index in [1.54, 1.807) is 0 Å². The third kappa shape index (κ3) is 2.03. The first-order chi connectivity index (χ1) is 7.99. The van der Waals surface area contributed by atoms with E-state index in [1.165, 1.54) is 12.0 Å². The van der Waals surface area contributed by atoms with Crippen molar-refractivity contribution in [2.45, 2.75) is 39.0 Å². The number of hydrogen-bond acceptors (Lipinski definition) is 1. The summed E-state index contributed by atoms with van der Waals surface area (Å²) >= 11 is 3.48. The van der Waals surface area contributed by atoms with Gasteiger partial charge in [0.1, 0.15) is 5.75 Å². The van der Waals surface area contributed by atoms with Crippen LogP contribution in [0.25, 0.3) is 0 Å². The molecule has 0 bridgehead atoms. The highest BCUT2D eigenvalue weighted by Crippen LogP contribution is 2.50. The van der Waals surface area contributed by atoms with E-state index in [0.717, 1.165) is 17.5 Å². The Morgan fingerprint density at radius 3 is 2.76 bits per heavy atom. The van der Waals surface area contributed by atoms with E-state index in [2.05, 4.69) is 41.9 Å². The Balaban J connectivity index is 2.52. The van der Waals surface area contributed by atoms with Gasteiger partial charge in [0.25, 0.3) is 0 Å². The Hall–Kier alpha value is -0.760. The fourth-order valence-electron chi connectivity index (χ4n) is 2.98. The number of benzene rings is 1. The number of phenols is 1. The van der Waals surface area contributed by atoms with Crippen molar-refractivity contribution in [1.82, 2.24) is 0 Å². The Bertz CT molecular complexity index is 464. The van der Waals surface area contributed by atoms with E-state index in [9.17, 15) is 5.11 Å². The van der Waals surface area contributed by atoms with Crippen LogP contribution in [0.2, 0.25) is 0 Å². The molecule has 1 aromatic carbocycles. The van der Waals surface area contributed by atoms with E-state index in [4.69, 9.17) is 0 Å². The molecular formula is C15H19BrO. The topological polar surface area (TPSA) is 20.2 Å². The predicted octanol–water partition coefficient (Wildman–Crippen LogP) is 4.67. The van der Waals surface area contributed by atoms with Crippen LogP contribution in [0.15, 0.2) is 28.8 Å². The van der Waals surface area contributed by atoms with Crippen LogP contribution < -0.4 is 0 Å². The number of phenolic OH excluding ortho intramolecular Hbond substituents is 1. The Kier molecular flexibility index (Phi) is 3.35. The molecule has 0 unspecified atom stereocenters. The zero-order valence-electron chi connectivity index (χ0n) is 10.6. The number of hydrogen-bond donors (Lipinski definition) is 1. The van der Waals surface area contributed by atoms with Gasteiger partial charge in [-0.2, -0.15) is 0 Å². The lowest BCUT2D eigenvalue weighted by molar-refractivity contribution is 0.445. The van der Waals surface area contributed by atoms with E-state index in [0.29, 0.717) is 11.7 Å². The molecular weight excluding hydrogens is 276 g/mol. The molecule has 0 amide bonds. The largest absolute Gasteiger partial charge is 0.508 e. The molecule has 0 spiro atoms. The minimum Gasteiger partial charge on any atom is -0.508 e. The van der Waals surface area contributed by atoms with Gasteiger partial charge >= 0.3 is 0 Å². The van der Waals surface area contributed by atoms with Gasteiger partial charge in [0, 0.05) is 11.0 Å². The second-order valence-corrected chi connectivity index (χ2v) is 5.81. The third-order valence-electron chi connectivity index (χ3n) is 4.11.